The summed E-state index contributed by atoms with van der Waals surface area (Å²) in [6.45, 7) is 1.38. The van der Waals surface area contributed by atoms with Gasteiger partial charge in [-0.2, -0.15) is 5.01 Å². The van der Waals surface area contributed by atoms with E-state index in [1.165, 1.54) is 17.7 Å². The predicted molar refractivity (Wildman–Crippen MR) is 131 cm³/mol. The first-order valence-electron chi connectivity index (χ1n) is 11.0. The van der Waals surface area contributed by atoms with Crippen LogP contribution in [0.1, 0.15) is 18.9 Å². The second-order valence-corrected chi connectivity index (χ2v) is 9.13. The molecule has 0 aliphatic carbocycles. The first kappa shape index (κ1) is 22.5. The van der Waals surface area contributed by atoms with E-state index in [9.17, 15) is 19.2 Å². The minimum atomic E-state index is -1.27. The number of rotatable bonds is 6. The number of fused-ring (bicyclic) bond motifs is 1. The van der Waals surface area contributed by atoms with Gasteiger partial charge in [-0.05, 0) is 23.6 Å². The van der Waals surface area contributed by atoms with Crippen LogP contribution in [0.15, 0.2) is 77.9 Å². The van der Waals surface area contributed by atoms with Gasteiger partial charge in [-0.15, -0.1) is 11.3 Å². The van der Waals surface area contributed by atoms with Crippen LogP contribution in [0, 0.1) is 0 Å². The maximum atomic E-state index is 13.2. The number of amides is 4. The highest BCUT2D eigenvalue weighted by molar-refractivity contribution is 7.21. The molecule has 9 nitrogen and oxygen atoms in total. The first-order chi connectivity index (χ1) is 16.9. The maximum Gasteiger partial charge on any atom is 0.344 e. The Labute approximate surface area is 204 Å². The van der Waals surface area contributed by atoms with Gasteiger partial charge in [0.2, 0.25) is 0 Å². The van der Waals surface area contributed by atoms with Crippen LogP contribution in [-0.2, 0) is 21.7 Å². The van der Waals surface area contributed by atoms with Crippen LogP contribution in [0.25, 0.3) is 20.7 Å². The maximum absolute atomic E-state index is 13.2. The number of nitrogens with one attached hydrogen (secondary N) is 2. The second-order valence-electron chi connectivity index (χ2n) is 8.10. The van der Waals surface area contributed by atoms with Crippen molar-refractivity contribution in [3.63, 3.8) is 0 Å². The molecule has 4 aromatic rings. The summed E-state index contributed by atoms with van der Waals surface area (Å²) in [5, 5.41) is 3.77. The van der Waals surface area contributed by atoms with Crippen LogP contribution >= 0.6 is 11.3 Å². The van der Waals surface area contributed by atoms with Crippen LogP contribution < -0.4 is 16.3 Å². The number of thiophene rings is 1. The summed E-state index contributed by atoms with van der Waals surface area (Å²) in [6, 6.07) is 19.5. The molecular weight excluding hydrogens is 466 g/mol. The predicted octanol–water partition coefficient (Wildman–Crippen LogP) is 3.01. The standard InChI is InChI=1S/C25H21N5O4S/c1-2-25(17-11-7-4-8-12-17)23(33)30(24(34)27-25)28-20(31)14-29-15-26-21-18(22(29)32)13-19(35-21)16-9-5-3-6-10-16/h3-13,15H,2,14H2,1H3,(H,27,34)(H,28,31)/t25-/m0/s1. The molecule has 5 rings (SSSR count). The fraction of sp³-hybridized carbons (Fsp3) is 0.160. The summed E-state index contributed by atoms with van der Waals surface area (Å²) in [5.41, 5.74) is 2.28. The zero-order chi connectivity index (χ0) is 24.6. The molecule has 3 heterocycles. The van der Waals surface area contributed by atoms with Gasteiger partial charge in [0.15, 0.2) is 0 Å². The van der Waals surface area contributed by atoms with Crippen molar-refractivity contribution in [3.05, 3.63) is 89.0 Å². The molecule has 1 aliphatic rings. The Balaban J connectivity index is 1.36. The van der Waals surface area contributed by atoms with Crippen LogP contribution in [0.3, 0.4) is 0 Å². The molecule has 4 amide bonds. The molecule has 0 radical (unpaired) electrons. The molecule has 0 bridgehead atoms. The van der Waals surface area contributed by atoms with Crippen molar-refractivity contribution in [2.75, 3.05) is 0 Å². The summed E-state index contributed by atoms with van der Waals surface area (Å²) >= 11 is 1.39. The molecule has 2 aromatic carbocycles. The van der Waals surface area contributed by atoms with Gasteiger partial charge in [0.25, 0.3) is 17.4 Å². The summed E-state index contributed by atoms with van der Waals surface area (Å²) in [7, 11) is 0. The third-order valence-corrected chi connectivity index (χ3v) is 7.11. The topological polar surface area (TPSA) is 113 Å². The fourth-order valence-corrected chi connectivity index (χ4v) is 5.17. The molecule has 1 aliphatic heterocycles. The van der Waals surface area contributed by atoms with Crippen molar-refractivity contribution in [2.24, 2.45) is 0 Å². The third kappa shape index (κ3) is 3.87. The molecule has 35 heavy (non-hydrogen) atoms. The molecule has 2 N–H and O–H groups in total. The lowest BCUT2D eigenvalue weighted by molar-refractivity contribution is -0.139. The van der Waals surface area contributed by atoms with Crippen LogP contribution in [0.5, 0.6) is 0 Å². The fourth-order valence-electron chi connectivity index (χ4n) is 4.17. The molecule has 10 heteroatoms. The van der Waals surface area contributed by atoms with E-state index in [0.29, 0.717) is 27.2 Å². The summed E-state index contributed by atoms with van der Waals surface area (Å²) in [5.74, 6) is -1.29. The molecule has 0 spiro atoms. The quantitative estimate of drug-likeness (QED) is 0.406. The number of hydrogen-bond acceptors (Lipinski definition) is 6. The molecular formula is C25H21N5O4S. The lowest BCUT2D eigenvalue weighted by atomic mass is 9.87. The van der Waals surface area contributed by atoms with Gasteiger partial charge in [0, 0.05) is 4.88 Å². The number of hydrazine groups is 1. The van der Waals surface area contributed by atoms with Crippen molar-refractivity contribution >= 4 is 39.4 Å². The van der Waals surface area contributed by atoms with Gasteiger partial charge in [-0.25, -0.2) is 9.78 Å². The number of carbonyl (C=O) groups excluding carboxylic acids is 3. The van der Waals surface area contributed by atoms with E-state index in [0.717, 1.165) is 15.0 Å². The van der Waals surface area contributed by atoms with Gasteiger partial charge in [0.05, 0.1) is 11.7 Å². The van der Waals surface area contributed by atoms with Gasteiger partial charge in [0.1, 0.15) is 16.9 Å². The minimum absolute atomic E-state index is 0.301. The van der Waals surface area contributed by atoms with E-state index >= 15 is 0 Å². The Morgan fingerprint density at radius 1 is 1.06 bits per heavy atom. The van der Waals surface area contributed by atoms with E-state index in [4.69, 9.17) is 0 Å². The molecule has 1 atom stereocenters. The lowest BCUT2D eigenvalue weighted by Crippen LogP contribution is -2.49. The lowest BCUT2D eigenvalue weighted by Gasteiger charge is -2.25. The SMILES string of the molecule is CC[C@@]1(c2ccccc2)NC(=O)N(NC(=O)Cn2cnc3sc(-c4ccccc4)cc3c2=O)C1=O. The number of nitrogens with zero attached hydrogens (tertiary/aromatic N) is 3. The number of carbonyl (C=O) groups is 3. The molecule has 0 unspecified atom stereocenters. The van der Waals surface area contributed by atoms with Crippen molar-refractivity contribution in [1.82, 2.24) is 25.3 Å². The Hall–Kier alpha value is -4.31. The van der Waals surface area contributed by atoms with E-state index in [-0.39, 0.29) is 5.56 Å². The molecule has 1 saturated heterocycles. The van der Waals surface area contributed by atoms with E-state index in [1.807, 2.05) is 36.4 Å². The third-order valence-electron chi connectivity index (χ3n) is 6.02. The average Bonchev–Trinajstić information content (AvgIpc) is 3.43. The second kappa shape index (κ2) is 8.80. The Bertz CT molecular complexity index is 1500. The highest BCUT2D eigenvalue weighted by Gasteiger charge is 2.52. The van der Waals surface area contributed by atoms with Crippen molar-refractivity contribution in [2.45, 2.75) is 25.4 Å². The zero-order valence-electron chi connectivity index (χ0n) is 18.7. The Kier molecular flexibility index (Phi) is 5.65. The van der Waals surface area contributed by atoms with Gasteiger partial charge >= 0.3 is 6.03 Å². The van der Waals surface area contributed by atoms with Gasteiger partial charge < -0.3 is 5.32 Å². The van der Waals surface area contributed by atoms with Crippen LogP contribution in [0.2, 0.25) is 0 Å². The number of urea groups is 1. The van der Waals surface area contributed by atoms with Crippen LogP contribution in [-0.4, -0.2) is 32.4 Å². The van der Waals surface area contributed by atoms with Crippen LogP contribution in [0.4, 0.5) is 4.79 Å². The van der Waals surface area contributed by atoms with Gasteiger partial charge in [-0.3, -0.25) is 24.4 Å². The zero-order valence-corrected chi connectivity index (χ0v) is 19.5. The van der Waals surface area contributed by atoms with E-state index in [2.05, 4.69) is 15.7 Å². The number of benzene rings is 2. The van der Waals surface area contributed by atoms with E-state index in [1.54, 1.807) is 37.3 Å². The normalized spacial score (nSPS) is 17.6. The van der Waals surface area contributed by atoms with Crippen molar-refractivity contribution in [1.29, 1.82) is 0 Å². The number of hydrogen-bond donors (Lipinski definition) is 2. The number of aromatic nitrogens is 2. The van der Waals surface area contributed by atoms with E-state index < -0.39 is 29.9 Å². The summed E-state index contributed by atoms with van der Waals surface area (Å²) in [6.07, 6.45) is 1.59. The van der Waals surface area contributed by atoms with Gasteiger partial charge in [-0.1, -0.05) is 67.6 Å². The number of imide groups is 1. The smallest absolute Gasteiger partial charge is 0.318 e. The first-order valence-corrected chi connectivity index (χ1v) is 11.8. The molecule has 2 aromatic heterocycles. The molecule has 1 fully saturated rings. The minimum Gasteiger partial charge on any atom is -0.318 e. The highest BCUT2D eigenvalue weighted by atomic mass is 32.1. The average molecular weight is 488 g/mol. The highest BCUT2D eigenvalue weighted by Crippen LogP contribution is 2.32. The molecule has 176 valence electrons. The van der Waals surface area contributed by atoms with Crippen molar-refractivity contribution in [3.8, 4) is 10.4 Å². The summed E-state index contributed by atoms with van der Waals surface area (Å²) in [4.78, 5) is 57.3. The molecule has 0 saturated carbocycles. The Morgan fingerprint density at radius 2 is 1.74 bits per heavy atom. The largest absolute Gasteiger partial charge is 0.344 e. The van der Waals surface area contributed by atoms with Crippen molar-refractivity contribution < 1.29 is 14.4 Å². The Morgan fingerprint density at radius 3 is 2.43 bits per heavy atom. The summed E-state index contributed by atoms with van der Waals surface area (Å²) < 4.78 is 1.15. The monoisotopic (exact) mass is 487 g/mol.